The van der Waals surface area contributed by atoms with Crippen molar-refractivity contribution >= 4 is 34.1 Å². The first-order valence-corrected chi connectivity index (χ1v) is 11.0. The molecule has 1 N–H and O–H groups in total. The summed E-state index contributed by atoms with van der Waals surface area (Å²) in [5.41, 5.74) is 3.03. The smallest absolute Gasteiger partial charge is 0.274 e. The minimum atomic E-state index is -0.239. The van der Waals surface area contributed by atoms with E-state index < -0.39 is 0 Å². The summed E-state index contributed by atoms with van der Waals surface area (Å²) in [4.78, 5) is 23.8. The van der Waals surface area contributed by atoms with E-state index in [1.54, 1.807) is 42.4 Å². The van der Waals surface area contributed by atoms with Crippen molar-refractivity contribution in [1.29, 1.82) is 0 Å². The number of anilines is 1. The molecule has 2 aromatic heterocycles. The summed E-state index contributed by atoms with van der Waals surface area (Å²) in [5, 5.41) is 5.08. The number of hydrogen-bond acceptors (Lipinski definition) is 4. The summed E-state index contributed by atoms with van der Waals surface area (Å²) >= 11 is 1.67. The standard InChI is InChI=1S/C27H19N3OS/c31-27(24-13-5-7-18-29-24)30-23-16-15-20(22-12-4-6-17-28-22)21-11-8-14-25(26(21)23)32-19-9-2-1-3-10-19/h1-18H,(H,30,31). The number of fused-ring (bicyclic) bond motifs is 1. The van der Waals surface area contributed by atoms with Gasteiger partial charge in [-0.3, -0.25) is 14.8 Å². The number of nitrogens with zero attached hydrogens (tertiary/aromatic N) is 2. The third-order valence-electron chi connectivity index (χ3n) is 5.06. The lowest BCUT2D eigenvalue weighted by molar-refractivity contribution is 0.102. The van der Waals surface area contributed by atoms with Gasteiger partial charge >= 0.3 is 0 Å². The SMILES string of the molecule is O=C(Nc1ccc(-c2ccccn2)c2cccc(Sc3ccccc3)c12)c1ccccn1. The van der Waals surface area contributed by atoms with Crippen LogP contribution < -0.4 is 5.32 Å². The Morgan fingerprint density at radius 1 is 0.719 bits per heavy atom. The molecule has 3 aromatic carbocycles. The van der Waals surface area contributed by atoms with Crippen LogP contribution in [-0.2, 0) is 0 Å². The maximum atomic E-state index is 12.9. The van der Waals surface area contributed by atoms with E-state index in [-0.39, 0.29) is 5.91 Å². The Morgan fingerprint density at radius 3 is 2.25 bits per heavy atom. The molecule has 0 aliphatic carbocycles. The predicted octanol–water partition coefficient (Wildman–Crippen LogP) is 6.70. The molecule has 0 radical (unpaired) electrons. The molecule has 0 aliphatic heterocycles. The summed E-state index contributed by atoms with van der Waals surface area (Å²) in [7, 11) is 0. The van der Waals surface area contributed by atoms with Gasteiger partial charge in [0, 0.05) is 33.1 Å². The second-order valence-corrected chi connectivity index (χ2v) is 8.25. The van der Waals surface area contributed by atoms with Crippen LogP contribution in [0, 0.1) is 0 Å². The summed E-state index contributed by atoms with van der Waals surface area (Å²) in [5.74, 6) is -0.239. The molecule has 2 heterocycles. The Morgan fingerprint density at radius 2 is 1.50 bits per heavy atom. The van der Waals surface area contributed by atoms with Crippen LogP contribution in [-0.4, -0.2) is 15.9 Å². The van der Waals surface area contributed by atoms with E-state index in [2.05, 4.69) is 39.6 Å². The number of nitrogens with one attached hydrogen (secondary N) is 1. The van der Waals surface area contributed by atoms with Crippen LogP contribution in [0.2, 0.25) is 0 Å². The van der Waals surface area contributed by atoms with Crippen LogP contribution in [0.1, 0.15) is 10.5 Å². The van der Waals surface area contributed by atoms with Crippen LogP contribution in [0.25, 0.3) is 22.0 Å². The van der Waals surface area contributed by atoms with Crippen molar-refractivity contribution in [3.8, 4) is 11.3 Å². The van der Waals surface area contributed by atoms with Gasteiger partial charge in [0.2, 0.25) is 0 Å². The fourth-order valence-corrected chi connectivity index (χ4v) is 4.62. The Bertz CT molecular complexity index is 1370. The highest BCUT2D eigenvalue weighted by Crippen LogP contribution is 2.41. The molecule has 0 unspecified atom stereocenters. The lowest BCUT2D eigenvalue weighted by Gasteiger charge is -2.15. The number of amides is 1. The highest BCUT2D eigenvalue weighted by molar-refractivity contribution is 7.99. The topological polar surface area (TPSA) is 54.9 Å². The van der Waals surface area contributed by atoms with Gasteiger partial charge in [-0.1, -0.05) is 60.3 Å². The van der Waals surface area contributed by atoms with E-state index in [0.717, 1.165) is 37.5 Å². The van der Waals surface area contributed by atoms with Crippen LogP contribution in [0.3, 0.4) is 0 Å². The highest BCUT2D eigenvalue weighted by Gasteiger charge is 2.16. The van der Waals surface area contributed by atoms with Crippen molar-refractivity contribution in [3.05, 3.63) is 115 Å². The monoisotopic (exact) mass is 433 g/mol. The molecule has 0 bridgehead atoms. The molecule has 4 nitrogen and oxygen atoms in total. The number of carbonyl (C=O) groups excluding carboxylic acids is 1. The van der Waals surface area contributed by atoms with E-state index >= 15 is 0 Å². The van der Waals surface area contributed by atoms with Crippen LogP contribution in [0.4, 0.5) is 5.69 Å². The van der Waals surface area contributed by atoms with Crippen molar-refractivity contribution in [3.63, 3.8) is 0 Å². The van der Waals surface area contributed by atoms with Crippen LogP contribution >= 0.6 is 11.8 Å². The van der Waals surface area contributed by atoms with Gasteiger partial charge in [-0.25, -0.2) is 0 Å². The molecule has 32 heavy (non-hydrogen) atoms. The number of benzene rings is 3. The average Bonchev–Trinajstić information content (AvgIpc) is 2.86. The largest absolute Gasteiger partial charge is 0.320 e. The van der Waals surface area contributed by atoms with Crippen molar-refractivity contribution in [2.75, 3.05) is 5.32 Å². The molecule has 5 heteroatoms. The minimum absolute atomic E-state index is 0.239. The van der Waals surface area contributed by atoms with Gasteiger partial charge in [-0.05, 0) is 53.9 Å². The summed E-state index contributed by atoms with van der Waals surface area (Å²) in [6.07, 6.45) is 3.41. The lowest BCUT2D eigenvalue weighted by Crippen LogP contribution is -2.13. The highest BCUT2D eigenvalue weighted by atomic mass is 32.2. The summed E-state index contributed by atoms with van der Waals surface area (Å²) < 4.78 is 0. The van der Waals surface area contributed by atoms with Crippen molar-refractivity contribution in [1.82, 2.24) is 9.97 Å². The first-order valence-electron chi connectivity index (χ1n) is 10.2. The zero-order valence-electron chi connectivity index (χ0n) is 17.1. The maximum absolute atomic E-state index is 12.9. The molecule has 1 amide bonds. The van der Waals surface area contributed by atoms with Crippen molar-refractivity contribution in [2.45, 2.75) is 9.79 Å². The molecule has 154 valence electrons. The number of rotatable bonds is 5. The Labute approximate surface area is 190 Å². The van der Waals surface area contributed by atoms with Gasteiger partial charge in [-0.2, -0.15) is 0 Å². The second kappa shape index (κ2) is 9.04. The number of hydrogen-bond donors (Lipinski definition) is 1. The second-order valence-electron chi connectivity index (χ2n) is 7.14. The minimum Gasteiger partial charge on any atom is -0.320 e. The molecule has 0 fully saturated rings. The van der Waals surface area contributed by atoms with E-state index in [9.17, 15) is 4.79 Å². The van der Waals surface area contributed by atoms with Gasteiger partial charge in [0.1, 0.15) is 5.69 Å². The van der Waals surface area contributed by atoms with Gasteiger partial charge < -0.3 is 5.32 Å². The van der Waals surface area contributed by atoms with Gasteiger partial charge in [0.15, 0.2) is 0 Å². The Kier molecular flexibility index (Phi) is 5.64. The molecular formula is C27H19N3OS. The predicted molar refractivity (Wildman–Crippen MR) is 130 cm³/mol. The van der Waals surface area contributed by atoms with E-state index in [4.69, 9.17) is 0 Å². The third kappa shape index (κ3) is 4.11. The summed E-state index contributed by atoms with van der Waals surface area (Å²) in [6, 6.07) is 31.6. The zero-order chi connectivity index (χ0) is 21.8. The molecule has 0 spiro atoms. The van der Waals surface area contributed by atoms with Gasteiger partial charge in [0.05, 0.1) is 11.4 Å². The van der Waals surface area contributed by atoms with E-state index in [1.807, 2.05) is 54.6 Å². The molecule has 5 rings (SSSR count). The normalized spacial score (nSPS) is 10.8. The fraction of sp³-hybridized carbons (Fsp3) is 0. The molecule has 0 atom stereocenters. The fourth-order valence-electron chi connectivity index (χ4n) is 3.61. The third-order valence-corrected chi connectivity index (χ3v) is 6.13. The Hall–Kier alpha value is -3.96. The summed E-state index contributed by atoms with van der Waals surface area (Å²) in [6.45, 7) is 0. The number of pyridine rings is 2. The van der Waals surface area contributed by atoms with E-state index in [1.165, 1.54) is 0 Å². The van der Waals surface area contributed by atoms with Gasteiger partial charge in [-0.15, -0.1) is 0 Å². The van der Waals surface area contributed by atoms with Crippen molar-refractivity contribution in [2.24, 2.45) is 0 Å². The molecule has 5 aromatic rings. The van der Waals surface area contributed by atoms with Gasteiger partial charge in [0.25, 0.3) is 5.91 Å². The van der Waals surface area contributed by atoms with E-state index in [0.29, 0.717) is 5.69 Å². The first kappa shape index (κ1) is 20.0. The quantitative estimate of drug-likeness (QED) is 0.335. The van der Waals surface area contributed by atoms with Crippen LogP contribution in [0.5, 0.6) is 0 Å². The zero-order valence-corrected chi connectivity index (χ0v) is 17.9. The first-order chi connectivity index (χ1) is 15.8. The number of carbonyl (C=O) groups is 1. The molecule has 0 saturated carbocycles. The van der Waals surface area contributed by atoms with Crippen molar-refractivity contribution < 1.29 is 4.79 Å². The number of aromatic nitrogens is 2. The molecule has 0 aliphatic rings. The van der Waals surface area contributed by atoms with Crippen LogP contribution in [0.15, 0.2) is 119 Å². The lowest BCUT2D eigenvalue weighted by atomic mass is 10.00. The molecular weight excluding hydrogens is 414 g/mol. The maximum Gasteiger partial charge on any atom is 0.274 e. The Balaban J connectivity index is 1.66. The molecule has 0 saturated heterocycles. The average molecular weight is 434 g/mol.